The number of rotatable bonds is 8. The van der Waals surface area contributed by atoms with Crippen molar-refractivity contribution < 1.29 is 9.26 Å². The van der Waals surface area contributed by atoms with Gasteiger partial charge in [0, 0.05) is 13.5 Å². The van der Waals surface area contributed by atoms with Gasteiger partial charge in [0.1, 0.15) is 6.10 Å². The number of hydrogen-bond acceptors (Lipinski definition) is 5. The third-order valence-electron chi connectivity index (χ3n) is 3.20. The molecule has 1 aromatic rings. The molecule has 0 aliphatic carbocycles. The van der Waals surface area contributed by atoms with Crippen molar-refractivity contribution in [1.82, 2.24) is 10.1 Å². The molecular formula is C14H27N3O2. The second-order valence-corrected chi connectivity index (χ2v) is 5.88. The number of nitrogens with two attached hydrogens (primary N) is 1. The average Bonchev–Trinajstić information content (AvgIpc) is 2.76. The van der Waals surface area contributed by atoms with Crippen LogP contribution in [0.1, 0.15) is 51.9 Å². The van der Waals surface area contributed by atoms with Gasteiger partial charge in [-0.1, -0.05) is 32.9 Å². The van der Waals surface area contributed by atoms with Crippen LogP contribution in [0.25, 0.3) is 0 Å². The van der Waals surface area contributed by atoms with E-state index in [-0.39, 0.29) is 6.10 Å². The smallest absolute Gasteiger partial charge is 0.227 e. The third-order valence-corrected chi connectivity index (χ3v) is 3.20. The Morgan fingerprint density at radius 2 is 1.95 bits per heavy atom. The summed E-state index contributed by atoms with van der Waals surface area (Å²) in [5.74, 6) is 2.63. The van der Waals surface area contributed by atoms with E-state index in [0.29, 0.717) is 36.0 Å². The Hall–Kier alpha value is -0.940. The van der Waals surface area contributed by atoms with Gasteiger partial charge in [0.2, 0.25) is 11.7 Å². The van der Waals surface area contributed by atoms with Crippen molar-refractivity contribution in [3.8, 4) is 0 Å². The molecule has 1 heterocycles. The van der Waals surface area contributed by atoms with Crippen molar-refractivity contribution in [2.75, 3.05) is 13.7 Å². The van der Waals surface area contributed by atoms with Crippen LogP contribution < -0.4 is 5.73 Å². The molecule has 0 aliphatic rings. The first-order valence-corrected chi connectivity index (χ1v) is 7.03. The van der Waals surface area contributed by atoms with Gasteiger partial charge in [0.15, 0.2) is 0 Å². The fraction of sp³-hybridized carbons (Fsp3) is 0.857. The highest BCUT2D eigenvalue weighted by Gasteiger charge is 2.22. The van der Waals surface area contributed by atoms with E-state index in [9.17, 15) is 0 Å². The number of nitrogens with zero attached hydrogens (tertiary/aromatic N) is 2. The first-order valence-electron chi connectivity index (χ1n) is 7.03. The third kappa shape index (κ3) is 4.91. The minimum Gasteiger partial charge on any atom is -0.373 e. The summed E-state index contributed by atoms with van der Waals surface area (Å²) in [6.07, 6.45) is 1.71. The zero-order valence-corrected chi connectivity index (χ0v) is 12.7. The van der Waals surface area contributed by atoms with E-state index in [1.807, 2.05) is 0 Å². The fourth-order valence-corrected chi connectivity index (χ4v) is 2.32. The molecule has 5 nitrogen and oxygen atoms in total. The highest BCUT2D eigenvalue weighted by Crippen LogP contribution is 2.23. The number of hydrogen-bond donors (Lipinski definition) is 1. The lowest BCUT2D eigenvalue weighted by Gasteiger charge is -2.15. The minimum atomic E-state index is -0.112. The molecule has 0 spiro atoms. The molecule has 19 heavy (non-hydrogen) atoms. The lowest BCUT2D eigenvalue weighted by Crippen LogP contribution is -2.19. The van der Waals surface area contributed by atoms with E-state index >= 15 is 0 Å². The molecule has 0 aliphatic heterocycles. The second kappa shape index (κ2) is 7.60. The molecule has 0 fully saturated rings. The van der Waals surface area contributed by atoms with Crippen LogP contribution in [0, 0.1) is 17.8 Å². The van der Waals surface area contributed by atoms with Gasteiger partial charge in [-0.05, 0) is 30.7 Å². The van der Waals surface area contributed by atoms with Crippen molar-refractivity contribution in [3.63, 3.8) is 0 Å². The second-order valence-electron chi connectivity index (χ2n) is 5.88. The SMILES string of the molecule is COC(c1noc(C[C@@H](CN)CC(C)C)n1)C(C)C. The predicted octanol–water partition coefficient (Wildman–Crippen LogP) is 2.58. The Morgan fingerprint density at radius 3 is 2.42 bits per heavy atom. The molecule has 0 saturated carbocycles. The van der Waals surface area contributed by atoms with Crippen LogP contribution in [0.4, 0.5) is 0 Å². The maximum absolute atomic E-state index is 5.80. The van der Waals surface area contributed by atoms with E-state index in [4.69, 9.17) is 15.0 Å². The highest BCUT2D eigenvalue weighted by molar-refractivity contribution is 4.93. The summed E-state index contributed by atoms with van der Waals surface area (Å²) in [5.41, 5.74) is 5.80. The quantitative estimate of drug-likeness (QED) is 0.785. The highest BCUT2D eigenvalue weighted by atomic mass is 16.5. The monoisotopic (exact) mass is 269 g/mol. The number of aromatic nitrogens is 2. The van der Waals surface area contributed by atoms with Gasteiger partial charge in [0.05, 0.1) is 0 Å². The Morgan fingerprint density at radius 1 is 1.26 bits per heavy atom. The zero-order valence-electron chi connectivity index (χ0n) is 12.7. The summed E-state index contributed by atoms with van der Waals surface area (Å²) in [5, 5.41) is 4.02. The van der Waals surface area contributed by atoms with Gasteiger partial charge in [-0.3, -0.25) is 0 Å². The molecule has 0 bridgehead atoms. The van der Waals surface area contributed by atoms with Gasteiger partial charge >= 0.3 is 0 Å². The molecule has 2 atom stereocenters. The molecule has 2 N–H and O–H groups in total. The molecule has 110 valence electrons. The molecule has 0 aromatic carbocycles. The normalized spacial score (nSPS) is 15.2. The van der Waals surface area contributed by atoms with E-state index in [2.05, 4.69) is 37.8 Å². The first-order chi connectivity index (χ1) is 8.97. The van der Waals surface area contributed by atoms with Crippen molar-refractivity contribution >= 4 is 0 Å². The summed E-state index contributed by atoms with van der Waals surface area (Å²) in [6.45, 7) is 9.19. The Balaban J connectivity index is 2.68. The average molecular weight is 269 g/mol. The summed E-state index contributed by atoms with van der Waals surface area (Å²) >= 11 is 0. The van der Waals surface area contributed by atoms with E-state index < -0.39 is 0 Å². The lowest BCUT2D eigenvalue weighted by atomic mass is 9.94. The van der Waals surface area contributed by atoms with Gasteiger partial charge in [-0.2, -0.15) is 4.98 Å². The number of methoxy groups -OCH3 is 1. The molecule has 1 aromatic heterocycles. The molecule has 0 radical (unpaired) electrons. The van der Waals surface area contributed by atoms with Crippen LogP contribution in [0.2, 0.25) is 0 Å². The van der Waals surface area contributed by atoms with Crippen molar-refractivity contribution in [2.45, 2.75) is 46.6 Å². The van der Waals surface area contributed by atoms with E-state index in [0.717, 1.165) is 12.8 Å². The van der Waals surface area contributed by atoms with E-state index in [1.54, 1.807) is 7.11 Å². The largest absolute Gasteiger partial charge is 0.373 e. The Kier molecular flexibility index (Phi) is 6.45. The van der Waals surface area contributed by atoms with E-state index in [1.165, 1.54) is 0 Å². The van der Waals surface area contributed by atoms with Crippen molar-refractivity contribution in [1.29, 1.82) is 0 Å². The Labute approximate surface area is 115 Å². The summed E-state index contributed by atoms with van der Waals surface area (Å²) in [7, 11) is 1.67. The van der Waals surface area contributed by atoms with Crippen LogP contribution >= 0.6 is 0 Å². The fourth-order valence-electron chi connectivity index (χ4n) is 2.32. The topological polar surface area (TPSA) is 74.2 Å². The first kappa shape index (κ1) is 16.1. The lowest BCUT2D eigenvalue weighted by molar-refractivity contribution is 0.0555. The standard InChI is InChI=1S/C14H27N3O2/c1-9(2)6-11(8-15)7-12-16-14(17-19-12)13(18-5)10(3)4/h9-11,13H,6-8,15H2,1-5H3/t11-,13?/m0/s1. The van der Waals surface area contributed by atoms with Crippen LogP contribution in [0.3, 0.4) is 0 Å². The molecule has 0 amide bonds. The summed E-state index contributed by atoms with van der Waals surface area (Å²) < 4.78 is 10.7. The molecule has 0 saturated heterocycles. The summed E-state index contributed by atoms with van der Waals surface area (Å²) in [4.78, 5) is 4.44. The zero-order chi connectivity index (χ0) is 14.4. The summed E-state index contributed by atoms with van der Waals surface area (Å²) in [6, 6.07) is 0. The van der Waals surface area contributed by atoms with Crippen LogP contribution in [0.5, 0.6) is 0 Å². The molecular weight excluding hydrogens is 242 g/mol. The number of ether oxygens (including phenoxy) is 1. The Bertz CT molecular complexity index is 363. The molecule has 1 rings (SSSR count). The molecule has 5 heteroatoms. The predicted molar refractivity (Wildman–Crippen MR) is 74.6 cm³/mol. The minimum absolute atomic E-state index is 0.112. The van der Waals surface area contributed by atoms with Crippen LogP contribution in [-0.2, 0) is 11.2 Å². The van der Waals surface area contributed by atoms with Crippen LogP contribution in [0.15, 0.2) is 4.52 Å². The van der Waals surface area contributed by atoms with Gasteiger partial charge in [-0.15, -0.1) is 0 Å². The van der Waals surface area contributed by atoms with Gasteiger partial charge < -0.3 is 15.0 Å². The molecule has 1 unspecified atom stereocenters. The maximum atomic E-state index is 5.80. The maximum Gasteiger partial charge on any atom is 0.227 e. The van der Waals surface area contributed by atoms with Crippen LogP contribution in [-0.4, -0.2) is 23.8 Å². The van der Waals surface area contributed by atoms with Gasteiger partial charge in [0.25, 0.3) is 0 Å². The van der Waals surface area contributed by atoms with Crippen molar-refractivity contribution in [3.05, 3.63) is 11.7 Å². The van der Waals surface area contributed by atoms with Crippen molar-refractivity contribution in [2.24, 2.45) is 23.5 Å². The van der Waals surface area contributed by atoms with Gasteiger partial charge in [-0.25, -0.2) is 0 Å².